The summed E-state index contributed by atoms with van der Waals surface area (Å²) >= 11 is 0. The fourth-order valence-corrected chi connectivity index (χ4v) is 10.0. The van der Waals surface area contributed by atoms with E-state index in [1.165, 1.54) is 32.1 Å². The van der Waals surface area contributed by atoms with Crippen LogP contribution in [0.2, 0.25) is 0 Å². The molecule has 0 bridgehead atoms. The number of carbonyl (C=O) groups excluding carboxylic acids is 1. The lowest BCUT2D eigenvalue weighted by Gasteiger charge is -2.68. The largest absolute Gasteiger partial charge is 0.469 e. The van der Waals surface area contributed by atoms with Crippen molar-refractivity contribution in [3.8, 4) is 0 Å². The highest BCUT2D eigenvalue weighted by Gasteiger charge is 2.67. The van der Waals surface area contributed by atoms with Crippen LogP contribution in [0.4, 0.5) is 0 Å². The first-order chi connectivity index (χ1) is 15.3. The van der Waals surface area contributed by atoms with Crippen LogP contribution in [0.3, 0.4) is 0 Å². The van der Waals surface area contributed by atoms with Crippen LogP contribution in [0.25, 0.3) is 0 Å². The zero-order valence-corrected chi connectivity index (χ0v) is 22.7. The maximum absolute atomic E-state index is 13.3. The molecule has 0 amide bonds. The Morgan fingerprint density at radius 2 is 1.70 bits per heavy atom. The van der Waals surface area contributed by atoms with Crippen molar-refractivity contribution in [1.29, 1.82) is 0 Å². The first-order valence-electron chi connectivity index (χ1n) is 13.8. The van der Waals surface area contributed by atoms with Crippen LogP contribution in [-0.4, -0.2) is 13.1 Å². The number of fused-ring (bicyclic) bond motifs is 7. The predicted molar refractivity (Wildman–Crippen MR) is 136 cm³/mol. The molecule has 33 heavy (non-hydrogen) atoms. The van der Waals surface area contributed by atoms with E-state index in [-0.39, 0.29) is 16.8 Å². The number of rotatable bonds is 1. The molecule has 0 aliphatic heterocycles. The smallest absolute Gasteiger partial charge is 0.312 e. The number of methoxy groups -OCH3 is 1. The predicted octanol–water partition coefficient (Wildman–Crippen LogP) is 8.27. The van der Waals surface area contributed by atoms with Gasteiger partial charge in [0.15, 0.2) is 0 Å². The SMILES string of the molecule is COC(=O)[C@]12CCC(C)(C)C[C@H]1C1=CC[C@H]3[C@@]4(C)CC[C@H](C)C(C)=C4CC[C@@]3(C)[C@]1(C)CC2. The van der Waals surface area contributed by atoms with Gasteiger partial charge in [-0.15, -0.1) is 0 Å². The molecule has 0 saturated heterocycles. The highest BCUT2D eigenvalue weighted by Crippen LogP contribution is 2.74. The summed E-state index contributed by atoms with van der Waals surface area (Å²) in [6.07, 6.45) is 14.5. The van der Waals surface area contributed by atoms with Crippen LogP contribution in [-0.2, 0) is 9.53 Å². The van der Waals surface area contributed by atoms with Gasteiger partial charge in [0.2, 0.25) is 0 Å². The van der Waals surface area contributed by atoms with E-state index in [0.29, 0.717) is 28.1 Å². The number of allylic oxidation sites excluding steroid dienone is 4. The van der Waals surface area contributed by atoms with E-state index in [9.17, 15) is 4.79 Å². The van der Waals surface area contributed by atoms with Crippen LogP contribution >= 0.6 is 0 Å². The standard InChI is InChI=1S/C31H48O2/c1-20-11-13-28(5)22(21(20)2)12-14-30(7)25(28)10-9-23-24-19-27(3,4)15-17-31(24,26(32)33-8)18-16-29(23,30)6/h9,20,24-25H,10-19H2,1-8H3/t20-,24-,25-,28-,29+,30+,31-/m0/s1. The molecule has 5 aliphatic rings. The Morgan fingerprint density at radius 1 is 1.00 bits per heavy atom. The van der Waals surface area contributed by atoms with Crippen LogP contribution < -0.4 is 0 Å². The second kappa shape index (κ2) is 7.23. The molecule has 0 N–H and O–H groups in total. The van der Waals surface area contributed by atoms with Gasteiger partial charge in [-0.1, -0.05) is 64.3 Å². The van der Waals surface area contributed by atoms with Crippen LogP contribution in [0.1, 0.15) is 113 Å². The molecule has 0 aromatic carbocycles. The molecule has 0 aromatic rings. The molecule has 0 unspecified atom stereocenters. The quantitative estimate of drug-likeness (QED) is 0.295. The van der Waals surface area contributed by atoms with E-state index in [2.05, 4.69) is 54.5 Å². The first kappa shape index (κ1) is 23.7. The van der Waals surface area contributed by atoms with E-state index < -0.39 is 0 Å². The number of carbonyl (C=O) groups is 1. The Bertz CT molecular complexity index is 923. The summed E-state index contributed by atoms with van der Waals surface area (Å²) in [6, 6.07) is 0. The normalized spacial score (nSPS) is 48.6. The first-order valence-corrected chi connectivity index (χ1v) is 13.8. The molecule has 5 rings (SSSR count). The Labute approximate surface area is 203 Å². The van der Waals surface area contributed by atoms with Crippen molar-refractivity contribution in [1.82, 2.24) is 0 Å². The molecule has 0 heterocycles. The summed E-state index contributed by atoms with van der Waals surface area (Å²) in [5, 5.41) is 0. The van der Waals surface area contributed by atoms with Crippen molar-refractivity contribution in [2.75, 3.05) is 7.11 Å². The van der Waals surface area contributed by atoms with Gasteiger partial charge in [-0.2, -0.15) is 0 Å². The van der Waals surface area contributed by atoms with Gasteiger partial charge in [-0.3, -0.25) is 4.79 Å². The molecule has 2 heteroatoms. The highest BCUT2D eigenvalue weighted by molar-refractivity contribution is 5.78. The van der Waals surface area contributed by atoms with E-state index in [0.717, 1.165) is 38.0 Å². The van der Waals surface area contributed by atoms with Gasteiger partial charge in [0, 0.05) is 0 Å². The summed E-state index contributed by atoms with van der Waals surface area (Å²) in [6.45, 7) is 17.6. The molecular formula is C31H48O2. The van der Waals surface area contributed by atoms with E-state index >= 15 is 0 Å². The van der Waals surface area contributed by atoms with E-state index in [1.54, 1.807) is 18.3 Å². The Morgan fingerprint density at radius 3 is 2.39 bits per heavy atom. The minimum absolute atomic E-state index is 0.0657. The van der Waals surface area contributed by atoms with E-state index in [1.807, 2.05) is 5.57 Å². The maximum Gasteiger partial charge on any atom is 0.312 e. The minimum Gasteiger partial charge on any atom is -0.469 e. The van der Waals surface area contributed by atoms with Crippen molar-refractivity contribution >= 4 is 5.97 Å². The molecule has 3 fully saturated rings. The molecule has 5 aliphatic carbocycles. The van der Waals surface area contributed by atoms with Crippen LogP contribution in [0, 0.1) is 44.8 Å². The number of hydrogen-bond acceptors (Lipinski definition) is 2. The molecule has 0 aromatic heterocycles. The zero-order chi connectivity index (χ0) is 24.0. The van der Waals surface area contributed by atoms with E-state index in [4.69, 9.17) is 4.74 Å². The van der Waals surface area contributed by atoms with Gasteiger partial charge in [0.25, 0.3) is 0 Å². The van der Waals surface area contributed by atoms with Crippen molar-refractivity contribution in [2.45, 2.75) is 113 Å². The molecular weight excluding hydrogens is 404 g/mol. The summed E-state index contributed by atoms with van der Waals surface area (Å²) in [5.41, 5.74) is 6.00. The maximum atomic E-state index is 13.3. The van der Waals surface area contributed by atoms with Crippen molar-refractivity contribution < 1.29 is 9.53 Å². The molecule has 0 spiro atoms. The average molecular weight is 453 g/mol. The molecule has 0 radical (unpaired) electrons. The monoisotopic (exact) mass is 452 g/mol. The second-order valence-electron chi connectivity index (χ2n) is 14.3. The van der Waals surface area contributed by atoms with Crippen molar-refractivity contribution in [3.63, 3.8) is 0 Å². The Kier molecular flexibility index (Phi) is 5.19. The summed E-state index contributed by atoms with van der Waals surface area (Å²) in [4.78, 5) is 13.3. The lowest BCUT2D eigenvalue weighted by Crippen LogP contribution is -2.61. The van der Waals surface area contributed by atoms with Crippen LogP contribution in [0.15, 0.2) is 22.8 Å². The fraction of sp³-hybridized carbons (Fsp3) is 0.839. The van der Waals surface area contributed by atoms with Gasteiger partial charge in [-0.25, -0.2) is 0 Å². The van der Waals surface area contributed by atoms with Crippen LogP contribution in [0.5, 0.6) is 0 Å². The van der Waals surface area contributed by atoms with Gasteiger partial charge < -0.3 is 4.74 Å². The topological polar surface area (TPSA) is 26.3 Å². The van der Waals surface area contributed by atoms with Gasteiger partial charge in [-0.05, 0) is 111 Å². The van der Waals surface area contributed by atoms with Crippen molar-refractivity contribution in [2.24, 2.45) is 44.8 Å². The molecule has 2 nitrogen and oxygen atoms in total. The second-order valence-corrected chi connectivity index (χ2v) is 14.3. The summed E-state index contributed by atoms with van der Waals surface area (Å²) < 4.78 is 5.50. The van der Waals surface area contributed by atoms with Gasteiger partial charge >= 0.3 is 5.97 Å². The lowest BCUT2D eigenvalue weighted by atomic mass is 9.35. The Hall–Kier alpha value is -1.05. The third-order valence-electron chi connectivity index (χ3n) is 12.6. The lowest BCUT2D eigenvalue weighted by molar-refractivity contribution is -0.170. The molecule has 3 saturated carbocycles. The molecule has 184 valence electrons. The highest BCUT2D eigenvalue weighted by atomic mass is 16.5. The molecule has 7 atom stereocenters. The van der Waals surface area contributed by atoms with Gasteiger partial charge in [0.1, 0.15) is 0 Å². The third kappa shape index (κ3) is 2.94. The fourth-order valence-electron chi connectivity index (χ4n) is 10.0. The summed E-state index contributed by atoms with van der Waals surface area (Å²) in [7, 11) is 1.61. The number of ether oxygens (including phenoxy) is 1. The third-order valence-corrected chi connectivity index (χ3v) is 12.6. The average Bonchev–Trinajstić information content (AvgIpc) is 2.76. The van der Waals surface area contributed by atoms with Crippen molar-refractivity contribution in [3.05, 3.63) is 22.8 Å². The van der Waals surface area contributed by atoms with Gasteiger partial charge in [0.05, 0.1) is 12.5 Å². The number of esters is 1. The summed E-state index contributed by atoms with van der Waals surface area (Å²) in [5.74, 6) is 1.88. The number of hydrogen-bond donors (Lipinski definition) is 0. The minimum atomic E-state index is -0.292. The Balaban J connectivity index is 1.62. The zero-order valence-electron chi connectivity index (χ0n) is 22.7.